The fourth-order valence-corrected chi connectivity index (χ4v) is 6.51. The molecule has 9 heteroatoms. The minimum absolute atomic E-state index is 0.0108. The molecule has 7 aromatic rings. The number of carbonyl (C=O) groups excluding carboxylic acids is 1. The van der Waals surface area contributed by atoms with E-state index in [2.05, 4.69) is 41.7 Å². The van der Waals surface area contributed by atoms with Crippen molar-refractivity contribution >= 4 is 11.7 Å². The van der Waals surface area contributed by atoms with E-state index >= 15 is 0 Å². The van der Waals surface area contributed by atoms with E-state index in [9.17, 15) is 22.4 Å². The first-order valence-corrected chi connectivity index (χ1v) is 16.6. The van der Waals surface area contributed by atoms with Crippen LogP contribution in [0.4, 0.5) is 28.0 Å². The molecule has 258 valence electrons. The number of amides is 2. The van der Waals surface area contributed by atoms with Gasteiger partial charge in [-0.3, -0.25) is 4.68 Å². The summed E-state index contributed by atoms with van der Waals surface area (Å²) in [7, 11) is 0. The Hall–Kier alpha value is -6.48. The third-order valence-electron chi connectivity index (χ3n) is 8.92. The minimum Gasteiger partial charge on any atom is -0.316 e. The standard InChI is InChI=1S/C43H32F4N4O/c44-36-21-19-30(20-22-36)28-50(42(52)48-41-38(46)26-37(45)27-39(41)47)29-31-11-10-12-32(25-31)40-23-24-51(49-40)43(33-13-4-1-5-14-33,34-15-6-2-7-16-34)35-17-8-3-9-18-35/h1-27H,28-29H2,(H,48,52). The molecule has 0 saturated heterocycles. The molecule has 52 heavy (non-hydrogen) atoms. The van der Waals surface area contributed by atoms with Gasteiger partial charge in [-0.2, -0.15) is 5.10 Å². The molecule has 0 unspecified atom stereocenters. The number of urea groups is 1. The molecular weight excluding hydrogens is 664 g/mol. The van der Waals surface area contributed by atoms with Crippen molar-refractivity contribution in [3.63, 3.8) is 0 Å². The van der Waals surface area contributed by atoms with Gasteiger partial charge in [-0.25, -0.2) is 22.4 Å². The first-order valence-electron chi connectivity index (χ1n) is 16.6. The summed E-state index contributed by atoms with van der Waals surface area (Å²) in [6.07, 6.45) is 1.95. The van der Waals surface area contributed by atoms with Crippen molar-refractivity contribution in [1.82, 2.24) is 14.7 Å². The molecule has 5 nitrogen and oxygen atoms in total. The van der Waals surface area contributed by atoms with Crippen molar-refractivity contribution < 1.29 is 22.4 Å². The third kappa shape index (κ3) is 6.93. The second-order valence-electron chi connectivity index (χ2n) is 12.3. The van der Waals surface area contributed by atoms with Gasteiger partial charge >= 0.3 is 6.03 Å². The van der Waals surface area contributed by atoms with Crippen LogP contribution in [0.3, 0.4) is 0 Å². The molecule has 1 N–H and O–H groups in total. The molecule has 0 aliphatic carbocycles. The smallest absolute Gasteiger partial charge is 0.316 e. The molecule has 1 heterocycles. The maximum Gasteiger partial charge on any atom is 0.322 e. The first kappa shape index (κ1) is 34.0. The molecule has 2 amide bonds. The van der Waals surface area contributed by atoms with Gasteiger partial charge < -0.3 is 10.2 Å². The van der Waals surface area contributed by atoms with Crippen LogP contribution in [-0.2, 0) is 18.6 Å². The molecule has 0 spiro atoms. The number of anilines is 1. The lowest BCUT2D eigenvalue weighted by Gasteiger charge is -2.36. The molecular formula is C43H32F4N4O. The van der Waals surface area contributed by atoms with Crippen LogP contribution < -0.4 is 5.32 Å². The van der Waals surface area contributed by atoms with E-state index in [0.717, 1.165) is 22.3 Å². The Kier molecular flexibility index (Phi) is 9.66. The normalized spacial score (nSPS) is 11.3. The van der Waals surface area contributed by atoms with E-state index in [0.29, 0.717) is 29.0 Å². The molecule has 6 aromatic carbocycles. The SMILES string of the molecule is O=C(Nc1c(F)cc(F)cc1F)N(Cc1ccc(F)cc1)Cc1cccc(-c2ccn(C(c3ccccc3)(c3ccccc3)c3ccccc3)n2)c1. The number of hydrogen-bond donors (Lipinski definition) is 1. The average molecular weight is 697 g/mol. The van der Waals surface area contributed by atoms with Crippen molar-refractivity contribution in [2.45, 2.75) is 18.6 Å². The highest BCUT2D eigenvalue weighted by Gasteiger charge is 2.39. The Balaban J connectivity index is 1.25. The summed E-state index contributed by atoms with van der Waals surface area (Å²) in [5, 5.41) is 7.42. The monoisotopic (exact) mass is 696 g/mol. The highest BCUT2D eigenvalue weighted by Crippen LogP contribution is 2.41. The Morgan fingerprint density at radius 1 is 0.596 bits per heavy atom. The number of hydrogen-bond acceptors (Lipinski definition) is 2. The molecule has 1 aromatic heterocycles. The van der Waals surface area contributed by atoms with Crippen LogP contribution in [0.1, 0.15) is 27.8 Å². The van der Waals surface area contributed by atoms with E-state index in [1.54, 1.807) is 0 Å². The van der Waals surface area contributed by atoms with Gasteiger partial charge in [-0.1, -0.05) is 121 Å². The topological polar surface area (TPSA) is 50.2 Å². The molecule has 7 rings (SSSR count). The number of nitrogens with one attached hydrogen (secondary N) is 1. The maximum atomic E-state index is 14.5. The van der Waals surface area contributed by atoms with E-state index in [1.165, 1.54) is 29.2 Å². The van der Waals surface area contributed by atoms with Gasteiger partial charge in [0.2, 0.25) is 0 Å². The Morgan fingerprint density at radius 3 is 1.69 bits per heavy atom. The zero-order valence-electron chi connectivity index (χ0n) is 27.8. The van der Waals surface area contributed by atoms with Gasteiger partial charge in [0.05, 0.1) is 5.69 Å². The van der Waals surface area contributed by atoms with Gasteiger partial charge in [0.1, 0.15) is 22.9 Å². The molecule has 0 bridgehead atoms. The number of halogens is 4. The third-order valence-corrected chi connectivity index (χ3v) is 8.92. The van der Waals surface area contributed by atoms with E-state index in [1.807, 2.05) is 95.8 Å². The summed E-state index contributed by atoms with van der Waals surface area (Å²) in [6, 6.07) is 45.7. The van der Waals surface area contributed by atoms with Crippen LogP contribution in [0.2, 0.25) is 0 Å². The molecule has 0 radical (unpaired) electrons. The van der Waals surface area contributed by atoms with Crippen molar-refractivity contribution in [2.75, 3.05) is 5.32 Å². The van der Waals surface area contributed by atoms with E-state index in [-0.39, 0.29) is 13.1 Å². The van der Waals surface area contributed by atoms with Crippen molar-refractivity contribution in [2.24, 2.45) is 0 Å². The van der Waals surface area contributed by atoms with Gasteiger partial charge in [0.15, 0.2) is 11.6 Å². The van der Waals surface area contributed by atoms with Crippen molar-refractivity contribution in [3.8, 4) is 11.3 Å². The summed E-state index contributed by atoms with van der Waals surface area (Å²) < 4.78 is 58.3. The predicted molar refractivity (Wildman–Crippen MR) is 193 cm³/mol. The van der Waals surface area contributed by atoms with Gasteiger partial charge in [-0.15, -0.1) is 0 Å². The second-order valence-corrected chi connectivity index (χ2v) is 12.3. The van der Waals surface area contributed by atoms with Crippen LogP contribution in [0.15, 0.2) is 164 Å². The van der Waals surface area contributed by atoms with Gasteiger partial charge in [0.25, 0.3) is 0 Å². The zero-order valence-corrected chi connectivity index (χ0v) is 27.8. The lowest BCUT2D eigenvalue weighted by molar-refractivity contribution is 0.206. The van der Waals surface area contributed by atoms with Crippen molar-refractivity contribution in [1.29, 1.82) is 0 Å². The first-order chi connectivity index (χ1) is 25.3. The minimum atomic E-state index is -1.25. The Bertz CT molecular complexity index is 2180. The summed E-state index contributed by atoms with van der Waals surface area (Å²) >= 11 is 0. The number of rotatable bonds is 10. The Morgan fingerprint density at radius 2 is 1.13 bits per heavy atom. The van der Waals surface area contributed by atoms with Gasteiger partial charge in [-0.05, 0) is 52.1 Å². The molecule has 0 aliphatic heterocycles. The van der Waals surface area contributed by atoms with E-state index < -0.39 is 40.5 Å². The predicted octanol–water partition coefficient (Wildman–Crippen LogP) is 10.2. The average Bonchev–Trinajstić information content (AvgIpc) is 3.66. The lowest BCUT2D eigenvalue weighted by Crippen LogP contribution is -2.38. The fourth-order valence-electron chi connectivity index (χ4n) is 6.51. The highest BCUT2D eigenvalue weighted by molar-refractivity contribution is 5.89. The van der Waals surface area contributed by atoms with Crippen LogP contribution in [0.5, 0.6) is 0 Å². The van der Waals surface area contributed by atoms with Crippen molar-refractivity contribution in [3.05, 3.63) is 215 Å². The maximum absolute atomic E-state index is 14.5. The van der Waals surface area contributed by atoms with Crippen LogP contribution in [0.25, 0.3) is 11.3 Å². The zero-order chi connectivity index (χ0) is 36.1. The Labute approximate surface area is 298 Å². The van der Waals surface area contributed by atoms with Crippen LogP contribution >= 0.6 is 0 Å². The summed E-state index contributed by atoms with van der Waals surface area (Å²) in [4.78, 5) is 14.9. The summed E-state index contributed by atoms with van der Waals surface area (Å²) in [5.41, 5.74) is 4.22. The van der Waals surface area contributed by atoms with E-state index in [4.69, 9.17) is 5.10 Å². The number of benzene rings is 6. The van der Waals surface area contributed by atoms with Gasteiger partial charge in [0, 0.05) is 37.0 Å². The molecule has 0 atom stereocenters. The number of carbonyl (C=O) groups is 1. The van der Waals surface area contributed by atoms with Crippen LogP contribution in [0, 0.1) is 23.3 Å². The largest absolute Gasteiger partial charge is 0.322 e. The highest BCUT2D eigenvalue weighted by atomic mass is 19.1. The quantitative estimate of drug-likeness (QED) is 0.114. The molecule has 0 aliphatic rings. The number of nitrogens with zero attached hydrogens (tertiary/aromatic N) is 3. The lowest BCUT2D eigenvalue weighted by atomic mass is 9.77. The second kappa shape index (κ2) is 14.8. The summed E-state index contributed by atoms with van der Waals surface area (Å²) in [5.74, 6) is -4.05. The van der Waals surface area contributed by atoms with Crippen LogP contribution in [-0.4, -0.2) is 20.7 Å². The number of aromatic nitrogens is 2. The molecule has 0 saturated carbocycles. The molecule has 0 fully saturated rings. The fraction of sp³-hybridized carbons (Fsp3) is 0.0698. The summed E-state index contributed by atoms with van der Waals surface area (Å²) in [6.45, 7) is 0.00726.